The van der Waals surface area contributed by atoms with E-state index in [4.69, 9.17) is 15.2 Å². The van der Waals surface area contributed by atoms with E-state index < -0.39 is 5.82 Å². The first-order chi connectivity index (χ1) is 8.58. The second kappa shape index (κ2) is 5.27. The lowest BCUT2D eigenvalue weighted by Gasteiger charge is -2.09. The van der Waals surface area contributed by atoms with E-state index in [1.807, 2.05) is 0 Å². The van der Waals surface area contributed by atoms with E-state index in [-0.39, 0.29) is 5.75 Å². The number of hydrogen-bond donors (Lipinski definition) is 1. The van der Waals surface area contributed by atoms with Gasteiger partial charge in [0, 0.05) is 28.4 Å². The Labute approximate surface area is 112 Å². The minimum absolute atomic E-state index is 0.122. The van der Waals surface area contributed by atoms with E-state index in [1.54, 1.807) is 30.3 Å². The third-order valence-electron chi connectivity index (χ3n) is 2.26. The van der Waals surface area contributed by atoms with Crippen LogP contribution in [0.4, 0.5) is 10.1 Å². The average molecular weight is 312 g/mol. The zero-order valence-electron chi connectivity index (χ0n) is 9.61. The molecular formula is C13H11BrFNO2. The first-order valence-electron chi connectivity index (χ1n) is 5.16. The normalized spacial score (nSPS) is 10.2. The summed E-state index contributed by atoms with van der Waals surface area (Å²) in [4.78, 5) is 0. The molecule has 0 unspecified atom stereocenters. The van der Waals surface area contributed by atoms with Gasteiger partial charge in [0.15, 0.2) is 11.6 Å². The highest BCUT2D eigenvalue weighted by Gasteiger charge is 2.07. The molecule has 0 saturated heterocycles. The highest BCUT2D eigenvalue weighted by molar-refractivity contribution is 9.10. The highest BCUT2D eigenvalue weighted by atomic mass is 79.9. The summed E-state index contributed by atoms with van der Waals surface area (Å²) >= 11 is 3.26. The quantitative estimate of drug-likeness (QED) is 0.872. The van der Waals surface area contributed by atoms with Gasteiger partial charge in [0.1, 0.15) is 11.5 Å². The number of rotatable bonds is 3. The molecule has 0 aliphatic heterocycles. The molecule has 5 heteroatoms. The van der Waals surface area contributed by atoms with Crippen molar-refractivity contribution in [1.29, 1.82) is 0 Å². The van der Waals surface area contributed by atoms with Crippen LogP contribution >= 0.6 is 15.9 Å². The van der Waals surface area contributed by atoms with Gasteiger partial charge in [0.2, 0.25) is 0 Å². The molecule has 2 N–H and O–H groups in total. The molecule has 94 valence electrons. The van der Waals surface area contributed by atoms with Gasteiger partial charge in [-0.15, -0.1) is 0 Å². The van der Waals surface area contributed by atoms with Crippen molar-refractivity contribution in [3.8, 4) is 17.2 Å². The molecule has 0 bridgehead atoms. The molecule has 0 fully saturated rings. The predicted molar refractivity (Wildman–Crippen MR) is 71.6 cm³/mol. The fourth-order valence-electron chi connectivity index (χ4n) is 1.45. The van der Waals surface area contributed by atoms with Crippen molar-refractivity contribution in [2.75, 3.05) is 12.8 Å². The fourth-order valence-corrected chi connectivity index (χ4v) is 1.79. The lowest BCUT2D eigenvalue weighted by molar-refractivity contribution is 0.405. The van der Waals surface area contributed by atoms with Gasteiger partial charge in [-0.3, -0.25) is 0 Å². The van der Waals surface area contributed by atoms with Gasteiger partial charge in [-0.1, -0.05) is 15.9 Å². The summed E-state index contributed by atoms with van der Waals surface area (Å²) < 4.78 is 24.8. The Hall–Kier alpha value is -1.75. The van der Waals surface area contributed by atoms with Crippen molar-refractivity contribution in [2.45, 2.75) is 0 Å². The molecule has 0 radical (unpaired) electrons. The van der Waals surface area contributed by atoms with Gasteiger partial charge in [-0.05, 0) is 18.2 Å². The molecular weight excluding hydrogens is 301 g/mol. The van der Waals surface area contributed by atoms with Crippen LogP contribution in [-0.4, -0.2) is 7.11 Å². The van der Waals surface area contributed by atoms with Crippen molar-refractivity contribution in [3.63, 3.8) is 0 Å². The Bertz CT molecular complexity index is 575. The average Bonchev–Trinajstić information content (AvgIpc) is 2.33. The Kier molecular flexibility index (Phi) is 3.72. The Morgan fingerprint density at radius 2 is 1.83 bits per heavy atom. The Morgan fingerprint density at radius 1 is 1.11 bits per heavy atom. The molecule has 2 aromatic rings. The number of ether oxygens (including phenoxy) is 2. The number of nitrogens with two attached hydrogens (primary N) is 1. The number of methoxy groups -OCH3 is 1. The number of nitrogen functional groups attached to an aromatic ring is 1. The van der Waals surface area contributed by atoms with Crippen LogP contribution in [0.2, 0.25) is 0 Å². The maximum atomic E-state index is 13.5. The summed E-state index contributed by atoms with van der Waals surface area (Å²) in [6, 6.07) is 9.36. The standard InChI is InChI=1S/C13H11BrFNO2/c1-17-10-5-9(16)6-11(7-10)18-13-4-8(14)2-3-12(13)15/h2-7H,16H2,1H3. The van der Waals surface area contributed by atoms with E-state index in [9.17, 15) is 4.39 Å². The van der Waals surface area contributed by atoms with Gasteiger partial charge in [0.25, 0.3) is 0 Å². The molecule has 2 rings (SSSR count). The number of anilines is 1. The molecule has 0 aromatic heterocycles. The van der Waals surface area contributed by atoms with Gasteiger partial charge in [-0.25, -0.2) is 4.39 Å². The zero-order chi connectivity index (χ0) is 13.1. The molecule has 18 heavy (non-hydrogen) atoms. The van der Waals surface area contributed by atoms with Crippen LogP contribution in [-0.2, 0) is 0 Å². The van der Waals surface area contributed by atoms with E-state index in [0.717, 1.165) is 4.47 Å². The molecule has 3 nitrogen and oxygen atoms in total. The van der Waals surface area contributed by atoms with Gasteiger partial charge >= 0.3 is 0 Å². The van der Waals surface area contributed by atoms with Crippen molar-refractivity contribution >= 4 is 21.6 Å². The minimum Gasteiger partial charge on any atom is -0.497 e. The largest absolute Gasteiger partial charge is 0.497 e. The van der Waals surface area contributed by atoms with Crippen molar-refractivity contribution in [2.24, 2.45) is 0 Å². The summed E-state index contributed by atoms with van der Waals surface area (Å²) in [6.45, 7) is 0. The van der Waals surface area contributed by atoms with Crippen LogP contribution in [0.15, 0.2) is 40.9 Å². The van der Waals surface area contributed by atoms with Crippen LogP contribution in [0.1, 0.15) is 0 Å². The third kappa shape index (κ3) is 2.92. The maximum absolute atomic E-state index is 13.5. The van der Waals surface area contributed by atoms with E-state index in [0.29, 0.717) is 17.2 Å². The van der Waals surface area contributed by atoms with Crippen LogP contribution in [0, 0.1) is 5.82 Å². The number of halogens is 2. The third-order valence-corrected chi connectivity index (χ3v) is 2.75. The summed E-state index contributed by atoms with van der Waals surface area (Å²) in [5.41, 5.74) is 6.18. The number of benzene rings is 2. The predicted octanol–water partition coefficient (Wildman–Crippen LogP) is 3.97. The van der Waals surface area contributed by atoms with Crippen molar-refractivity contribution in [3.05, 3.63) is 46.7 Å². The van der Waals surface area contributed by atoms with Gasteiger partial charge < -0.3 is 15.2 Å². The summed E-state index contributed by atoms with van der Waals surface area (Å²) in [7, 11) is 1.53. The molecule has 0 atom stereocenters. The molecule has 2 aromatic carbocycles. The number of hydrogen-bond acceptors (Lipinski definition) is 3. The second-order valence-corrected chi connectivity index (χ2v) is 4.53. The molecule has 0 aliphatic rings. The van der Waals surface area contributed by atoms with Gasteiger partial charge in [0.05, 0.1) is 7.11 Å². The lowest BCUT2D eigenvalue weighted by Crippen LogP contribution is -1.92. The van der Waals surface area contributed by atoms with E-state index >= 15 is 0 Å². The van der Waals surface area contributed by atoms with Gasteiger partial charge in [-0.2, -0.15) is 0 Å². The topological polar surface area (TPSA) is 44.5 Å². The minimum atomic E-state index is -0.445. The Morgan fingerprint density at radius 3 is 2.56 bits per heavy atom. The van der Waals surface area contributed by atoms with Crippen LogP contribution < -0.4 is 15.2 Å². The molecule has 0 amide bonds. The van der Waals surface area contributed by atoms with Crippen LogP contribution in [0.25, 0.3) is 0 Å². The smallest absolute Gasteiger partial charge is 0.165 e. The first kappa shape index (κ1) is 12.7. The molecule has 0 heterocycles. The Balaban J connectivity index is 2.33. The van der Waals surface area contributed by atoms with E-state index in [2.05, 4.69) is 15.9 Å². The summed E-state index contributed by atoms with van der Waals surface area (Å²) in [5.74, 6) is 0.654. The SMILES string of the molecule is COc1cc(N)cc(Oc2cc(Br)ccc2F)c1. The van der Waals surface area contributed by atoms with Crippen molar-refractivity contribution in [1.82, 2.24) is 0 Å². The first-order valence-corrected chi connectivity index (χ1v) is 5.95. The van der Waals surface area contributed by atoms with Crippen LogP contribution in [0.3, 0.4) is 0 Å². The summed E-state index contributed by atoms with van der Waals surface area (Å²) in [5, 5.41) is 0. The van der Waals surface area contributed by atoms with Crippen LogP contribution in [0.5, 0.6) is 17.2 Å². The second-order valence-electron chi connectivity index (χ2n) is 3.62. The monoisotopic (exact) mass is 311 g/mol. The maximum Gasteiger partial charge on any atom is 0.165 e. The lowest BCUT2D eigenvalue weighted by atomic mass is 10.3. The molecule has 0 saturated carbocycles. The highest BCUT2D eigenvalue weighted by Crippen LogP contribution is 2.31. The van der Waals surface area contributed by atoms with Crippen molar-refractivity contribution < 1.29 is 13.9 Å². The zero-order valence-corrected chi connectivity index (χ0v) is 11.2. The van der Waals surface area contributed by atoms with E-state index in [1.165, 1.54) is 13.2 Å². The fraction of sp³-hybridized carbons (Fsp3) is 0.0769. The molecule has 0 aliphatic carbocycles. The summed E-state index contributed by atoms with van der Waals surface area (Å²) in [6.07, 6.45) is 0. The molecule has 0 spiro atoms.